The number of halogens is 18. The van der Waals surface area contributed by atoms with Gasteiger partial charge < -0.3 is 0 Å². The van der Waals surface area contributed by atoms with Crippen LogP contribution in [0.4, 0.5) is 70.2 Å². The molecule has 200 valence electrons. The van der Waals surface area contributed by atoms with Gasteiger partial charge in [-0.15, -0.1) is 0 Å². The molecule has 0 amide bonds. The zero-order chi connectivity index (χ0) is 27.3. The van der Waals surface area contributed by atoms with Crippen LogP contribution in [0.15, 0.2) is 0 Å². The summed E-state index contributed by atoms with van der Waals surface area (Å²) in [6, 6.07) is 0. The van der Waals surface area contributed by atoms with Gasteiger partial charge in [0.15, 0.2) is 0 Å². The molecule has 0 saturated heterocycles. The lowest BCUT2D eigenvalue weighted by Crippen LogP contribution is -2.74. The maximum atomic E-state index is 13.9. The van der Waals surface area contributed by atoms with E-state index in [1.165, 1.54) is 13.8 Å². The first-order chi connectivity index (χ1) is 14.1. The summed E-state index contributed by atoms with van der Waals surface area (Å²) in [7, 11) is 0. The molecular formula is C15H14F16I2. The van der Waals surface area contributed by atoms with Gasteiger partial charge in [0.2, 0.25) is 0 Å². The Labute approximate surface area is 203 Å². The molecule has 0 aliphatic carbocycles. The molecule has 0 spiro atoms. The van der Waals surface area contributed by atoms with Gasteiger partial charge in [0, 0.05) is 32.9 Å². The van der Waals surface area contributed by atoms with E-state index in [0.717, 1.165) is 22.6 Å². The highest BCUT2D eigenvalue weighted by atomic mass is 127. The molecule has 0 bridgehead atoms. The van der Waals surface area contributed by atoms with Crippen molar-refractivity contribution in [3.8, 4) is 0 Å². The minimum Gasteiger partial charge on any atom is -0.200 e. The maximum absolute atomic E-state index is 13.9. The molecule has 0 heterocycles. The van der Waals surface area contributed by atoms with Crippen molar-refractivity contribution in [2.24, 2.45) is 5.92 Å². The SMILES string of the molecule is CCC(C)CC(I)CC(F)(F)C(F)(F)C(F)(F)C(F)(F)C(F)(F)C(F)(F)C(F)(F)C(F)(F)I. The maximum Gasteiger partial charge on any atom is 0.387 e. The minimum absolute atomic E-state index is 0.270. The van der Waals surface area contributed by atoms with Crippen LogP contribution in [0.3, 0.4) is 0 Å². The van der Waals surface area contributed by atoms with Gasteiger partial charge in [-0.1, -0.05) is 42.9 Å². The monoisotopic (exact) mass is 752 g/mol. The summed E-state index contributed by atoms with van der Waals surface area (Å²) in [5, 5.41) is 0. The standard InChI is InChI=1S/C15H14F16I2/c1-3-6(2)4-7(32)5-8(16,17)9(18,19)10(20,21)11(22,23)12(24,25)13(26,27)14(28,29)15(30,31)33/h6-7H,3-5H2,1-2H3. The summed E-state index contributed by atoms with van der Waals surface area (Å²) in [6.07, 6.45) is -2.41. The smallest absolute Gasteiger partial charge is 0.200 e. The van der Waals surface area contributed by atoms with E-state index in [2.05, 4.69) is 0 Å². The van der Waals surface area contributed by atoms with Gasteiger partial charge in [-0.2, -0.15) is 70.2 Å². The topological polar surface area (TPSA) is 0 Å². The lowest BCUT2D eigenvalue weighted by molar-refractivity contribution is -0.447. The van der Waals surface area contributed by atoms with Crippen LogP contribution in [0.2, 0.25) is 0 Å². The fourth-order valence-corrected chi connectivity index (χ4v) is 4.05. The van der Waals surface area contributed by atoms with Crippen molar-refractivity contribution in [1.82, 2.24) is 0 Å². The quantitative estimate of drug-likeness (QED) is 0.106. The fourth-order valence-electron chi connectivity index (χ4n) is 2.29. The first kappa shape index (κ1) is 33.3. The average Bonchev–Trinajstić information content (AvgIpc) is 2.58. The molecule has 2 atom stereocenters. The van der Waals surface area contributed by atoms with Crippen LogP contribution in [-0.2, 0) is 0 Å². The van der Waals surface area contributed by atoms with Gasteiger partial charge in [0.25, 0.3) is 0 Å². The second-order valence-corrected chi connectivity index (χ2v) is 10.3. The largest absolute Gasteiger partial charge is 0.387 e. The molecule has 0 fully saturated rings. The summed E-state index contributed by atoms with van der Waals surface area (Å²) in [4.78, 5) is 0. The van der Waals surface area contributed by atoms with Crippen molar-refractivity contribution in [2.45, 2.75) is 82.4 Å². The molecule has 0 aromatic heterocycles. The lowest BCUT2D eigenvalue weighted by Gasteiger charge is -2.43. The molecule has 0 N–H and O–H groups in total. The summed E-state index contributed by atoms with van der Waals surface area (Å²) in [5.74, 6) is -54.6. The Morgan fingerprint density at radius 3 is 1.18 bits per heavy atom. The highest BCUT2D eigenvalue weighted by Gasteiger charge is 2.94. The van der Waals surface area contributed by atoms with Crippen LogP contribution in [0.1, 0.15) is 33.1 Å². The average molecular weight is 752 g/mol. The Balaban J connectivity index is 6.47. The van der Waals surface area contributed by atoms with Crippen LogP contribution in [0.25, 0.3) is 0 Å². The lowest BCUT2D eigenvalue weighted by atomic mass is 9.87. The van der Waals surface area contributed by atoms with E-state index >= 15 is 0 Å². The molecule has 0 radical (unpaired) electrons. The highest BCUT2D eigenvalue weighted by molar-refractivity contribution is 14.1. The van der Waals surface area contributed by atoms with Crippen LogP contribution in [0, 0.1) is 5.92 Å². The zero-order valence-electron chi connectivity index (χ0n) is 16.1. The van der Waals surface area contributed by atoms with E-state index in [-0.39, 0.29) is 12.8 Å². The predicted molar refractivity (Wildman–Crippen MR) is 100 cm³/mol. The van der Waals surface area contributed by atoms with Gasteiger partial charge in [-0.25, -0.2) is 0 Å². The van der Waals surface area contributed by atoms with Gasteiger partial charge in [-0.3, -0.25) is 0 Å². The Hall–Kier alpha value is 0.340. The van der Waals surface area contributed by atoms with E-state index in [4.69, 9.17) is 0 Å². The first-order valence-electron chi connectivity index (χ1n) is 8.45. The second-order valence-electron chi connectivity index (χ2n) is 7.20. The van der Waals surface area contributed by atoms with E-state index in [0.29, 0.717) is 0 Å². The van der Waals surface area contributed by atoms with Gasteiger partial charge >= 0.3 is 45.4 Å². The van der Waals surface area contributed by atoms with Crippen LogP contribution >= 0.6 is 45.2 Å². The summed E-state index contributed by atoms with van der Waals surface area (Å²) >= 11 is 0.136. The van der Waals surface area contributed by atoms with Crippen LogP contribution in [0.5, 0.6) is 0 Å². The molecule has 0 aromatic rings. The van der Waals surface area contributed by atoms with Gasteiger partial charge in [0.1, 0.15) is 0 Å². The van der Waals surface area contributed by atoms with Crippen molar-refractivity contribution >= 4 is 45.2 Å². The molecule has 0 nitrogen and oxygen atoms in total. The van der Waals surface area contributed by atoms with Crippen molar-refractivity contribution in [3.63, 3.8) is 0 Å². The number of hydrogen-bond acceptors (Lipinski definition) is 0. The third-order valence-electron chi connectivity index (χ3n) is 4.62. The van der Waals surface area contributed by atoms with Gasteiger partial charge in [0.05, 0.1) is 0 Å². The minimum atomic E-state index is -8.35. The molecule has 18 heteroatoms. The molecule has 33 heavy (non-hydrogen) atoms. The first-order valence-corrected chi connectivity index (χ1v) is 10.8. The highest BCUT2D eigenvalue weighted by Crippen LogP contribution is 2.64. The van der Waals surface area contributed by atoms with E-state index in [1.807, 2.05) is 0 Å². The Morgan fingerprint density at radius 2 is 0.879 bits per heavy atom. The van der Waals surface area contributed by atoms with Crippen molar-refractivity contribution < 1.29 is 70.2 Å². The molecule has 0 aromatic carbocycles. The van der Waals surface area contributed by atoms with E-state index in [9.17, 15) is 70.2 Å². The Morgan fingerprint density at radius 1 is 0.576 bits per heavy atom. The number of alkyl halides is 18. The number of rotatable bonds is 12. The van der Waals surface area contributed by atoms with Crippen LogP contribution in [-0.4, -0.2) is 49.3 Å². The predicted octanol–water partition coefficient (Wildman–Crippen LogP) is 9.09. The summed E-state index contributed by atoms with van der Waals surface area (Å²) < 4.78 is 207. The molecule has 2 unspecified atom stereocenters. The fraction of sp³-hybridized carbons (Fsp3) is 1.00. The molecule has 0 saturated carbocycles. The van der Waals surface area contributed by atoms with Gasteiger partial charge in [-0.05, 0) is 12.3 Å². The molecular weight excluding hydrogens is 738 g/mol. The molecule has 0 rings (SSSR count). The summed E-state index contributed by atoms with van der Waals surface area (Å²) in [6.45, 7) is 2.91. The molecule has 0 aliphatic heterocycles. The van der Waals surface area contributed by atoms with Crippen molar-refractivity contribution in [2.75, 3.05) is 0 Å². The van der Waals surface area contributed by atoms with E-state index < -0.39 is 84.2 Å². The van der Waals surface area contributed by atoms with Crippen molar-refractivity contribution in [3.05, 3.63) is 0 Å². The third-order valence-corrected chi connectivity index (χ3v) is 6.25. The number of hydrogen-bond donors (Lipinski definition) is 0. The third kappa shape index (κ3) is 5.39. The van der Waals surface area contributed by atoms with Crippen LogP contribution < -0.4 is 0 Å². The summed E-state index contributed by atoms with van der Waals surface area (Å²) in [5.41, 5.74) is 0. The zero-order valence-corrected chi connectivity index (χ0v) is 20.4. The molecule has 0 aliphatic rings. The van der Waals surface area contributed by atoms with Crippen molar-refractivity contribution in [1.29, 1.82) is 0 Å². The Bertz CT molecular complexity index is 669. The van der Waals surface area contributed by atoms with E-state index in [1.54, 1.807) is 0 Å². The Kier molecular flexibility index (Phi) is 9.76. The second kappa shape index (κ2) is 9.66. The normalized spacial score (nSPS) is 17.8.